The standard InChI is InChI=1S/C18H32O2Si/c1-14(2)21(15(3)4,16(5)6)13-12-17(7)10-9-11-18(19)20-8/h14-16H,7,9-11H2,1-6,8H3. The lowest BCUT2D eigenvalue weighted by atomic mass is 10.1. The fourth-order valence-electron chi connectivity index (χ4n) is 3.24. The van der Waals surface area contributed by atoms with Crippen LogP contribution in [0.15, 0.2) is 12.2 Å². The van der Waals surface area contributed by atoms with Crippen molar-refractivity contribution in [2.24, 2.45) is 0 Å². The molecule has 0 spiro atoms. The van der Waals surface area contributed by atoms with Crippen LogP contribution >= 0.6 is 0 Å². The summed E-state index contributed by atoms with van der Waals surface area (Å²) in [5, 5.41) is 0. The molecule has 0 radical (unpaired) electrons. The monoisotopic (exact) mass is 308 g/mol. The Morgan fingerprint density at radius 3 is 1.90 bits per heavy atom. The predicted molar refractivity (Wildman–Crippen MR) is 93.8 cm³/mol. The van der Waals surface area contributed by atoms with Gasteiger partial charge in [0.15, 0.2) is 0 Å². The molecule has 0 saturated heterocycles. The van der Waals surface area contributed by atoms with Crippen LogP contribution in [-0.4, -0.2) is 21.2 Å². The molecule has 0 atom stereocenters. The van der Waals surface area contributed by atoms with Gasteiger partial charge in [0.2, 0.25) is 0 Å². The Morgan fingerprint density at radius 2 is 1.52 bits per heavy atom. The summed E-state index contributed by atoms with van der Waals surface area (Å²) in [6.45, 7) is 17.9. The summed E-state index contributed by atoms with van der Waals surface area (Å²) in [5.41, 5.74) is 6.50. The first kappa shape index (κ1) is 20.0. The Kier molecular flexibility index (Phi) is 8.66. The number of ether oxygens (including phenoxy) is 1. The van der Waals surface area contributed by atoms with Gasteiger partial charge in [-0.05, 0) is 35.0 Å². The summed E-state index contributed by atoms with van der Waals surface area (Å²) >= 11 is 0. The van der Waals surface area contributed by atoms with Gasteiger partial charge in [-0.3, -0.25) is 4.79 Å². The Labute approximate surface area is 132 Å². The molecule has 21 heavy (non-hydrogen) atoms. The molecule has 0 saturated carbocycles. The van der Waals surface area contributed by atoms with Crippen molar-refractivity contribution < 1.29 is 9.53 Å². The van der Waals surface area contributed by atoms with Gasteiger partial charge in [-0.1, -0.05) is 54.0 Å². The minimum Gasteiger partial charge on any atom is -0.469 e. The van der Waals surface area contributed by atoms with Crippen molar-refractivity contribution >= 4 is 14.0 Å². The third-order valence-corrected chi connectivity index (χ3v) is 10.7. The number of rotatable bonds is 7. The van der Waals surface area contributed by atoms with Gasteiger partial charge in [0.1, 0.15) is 8.07 Å². The second-order valence-corrected chi connectivity index (χ2v) is 12.3. The average molecular weight is 309 g/mol. The minimum absolute atomic E-state index is 0.161. The molecule has 0 aliphatic heterocycles. The predicted octanol–water partition coefficient (Wildman–Crippen LogP) is 5.11. The molecule has 3 heteroatoms. The molecule has 0 heterocycles. The zero-order valence-electron chi connectivity index (χ0n) is 14.9. The SMILES string of the molecule is C=C(C#C[Si](C(C)C)(C(C)C)C(C)C)CCCC(=O)OC. The van der Waals surface area contributed by atoms with E-state index in [1.54, 1.807) is 0 Å². The third kappa shape index (κ3) is 5.71. The number of carbonyl (C=O) groups is 1. The molecule has 0 rings (SSSR count). The molecule has 0 N–H and O–H groups in total. The van der Waals surface area contributed by atoms with E-state index in [1.165, 1.54) is 7.11 Å². The summed E-state index contributed by atoms with van der Waals surface area (Å²) in [5.74, 6) is 3.16. The lowest BCUT2D eigenvalue weighted by Gasteiger charge is -2.38. The average Bonchev–Trinajstić information content (AvgIpc) is 2.37. The van der Waals surface area contributed by atoms with E-state index in [0.29, 0.717) is 23.0 Å². The van der Waals surface area contributed by atoms with Crippen molar-refractivity contribution in [2.45, 2.75) is 77.4 Å². The summed E-state index contributed by atoms with van der Waals surface area (Å²) < 4.78 is 4.64. The largest absolute Gasteiger partial charge is 0.469 e. The highest BCUT2D eigenvalue weighted by atomic mass is 28.3. The lowest BCUT2D eigenvalue weighted by molar-refractivity contribution is -0.140. The number of esters is 1. The highest BCUT2D eigenvalue weighted by Crippen LogP contribution is 2.40. The van der Waals surface area contributed by atoms with E-state index in [-0.39, 0.29) is 5.97 Å². The van der Waals surface area contributed by atoms with Crippen molar-refractivity contribution in [2.75, 3.05) is 7.11 Å². The maximum atomic E-state index is 11.1. The van der Waals surface area contributed by atoms with Gasteiger partial charge in [-0.2, -0.15) is 0 Å². The second-order valence-electron chi connectivity index (χ2n) is 6.68. The van der Waals surface area contributed by atoms with Crippen LogP contribution in [0.2, 0.25) is 16.6 Å². The first-order valence-electron chi connectivity index (χ1n) is 7.96. The second kappa shape index (κ2) is 9.10. The Morgan fingerprint density at radius 1 is 1.05 bits per heavy atom. The molecule has 0 aromatic carbocycles. The van der Waals surface area contributed by atoms with Crippen LogP contribution in [0.5, 0.6) is 0 Å². The fraction of sp³-hybridized carbons (Fsp3) is 0.722. The van der Waals surface area contributed by atoms with Crippen molar-refractivity contribution in [3.8, 4) is 11.5 Å². The van der Waals surface area contributed by atoms with E-state index < -0.39 is 8.07 Å². The number of hydrogen-bond donors (Lipinski definition) is 0. The van der Waals surface area contributed by atoms with Crippen LogP contribution in [0.4, 0.5) is 0 Å². The smallest absolute Gasteiger partial charge is 0.305 e. The first-order chi connectivity index (χ1) is 9.68. The van der Waals surface area contributed by atoms with E-state index in [9.17, 15) is 4.79 Å². The lowest BCUT2D eigenvalue weighted by Crippen LogP contribution is -2.43. The number of hydrogen-bond acceptors (Lipinski definition) is 2. The van der Waals surface area contributed by atoms with Gasteiger partial charge in [-0.15, -0.1) is 5.54 Å². The molecule has 0 aliphatic carbocycles. The van der Waals surface area contributed by atoms with Gasteiger partial charge in [0, 0.05) is 6.42 Å². The van der Waals surface area contributed by atoms with Gasteiger partial charge < -0.3 is 4.74 Å². The third-order valence-electron chi connectivity index (χ3n) is 4.41. The molecule has 0 bridgehead atoms. The molecule has 0 unspecified atom stereocenters. The maximum Gasteiger partial charge on any atom is 0.305 e. The molecule has 0 aromatic heterocycles. The van der Waals surface area contributed by atoms with Crippen molar-refractivity contribution in [3.05, 3.63) is 12.2 Å². The highest BCUT2D eigenvalue weighted by molar-refractivity contribution is 6.90. The van der Waals surface area contributed by atoms with Crippen LogP contribution in [0.1, 0.15) is 60.8 Å². The summed E-state index contributed by atoms with van der Waals surface area (Å²) in [6.07, 6.45) is 1.99. The fourth-order valence-corrected chi connectivity index (χ4v) is 8.50. The quantitative estimate of drug-likeness (QED) is 0.371. The Balaban J connectivity index is 4.89. The first-order valence-corrected chi connectivity index (χ1v) is 10.2. The molecule has 2 nitrogen and oxygen atoms in total. The minimum atomic E-state index is -1.67. The summed E-state index contributed by atoms with van der Waals surface area (Å²) in [7, 11) is -0.250. The molecule has 0 fully saturated rings. The van der Waals surface area contributed by atoms with E-state index in [1.807, 2.05) is 0 Å². The zero-order chi connectivity index (χ0) is 16.6. The van der Waals surface area contributed by atoms with E-state index >= 15 is 0 Å². The Hall–Kier alpha value is -1.01. The van der Waals surface area contributed by atoms with Crippen molar-refractivity contribution in [1.82, 2.24) is 0 Å². The molecule has 0 aromatic rings. The molecule has 0 aliphatic rings. The normalized spacial score (nSPS) is 11.5. The molecule has 120 valence electrons. The van der Waals surface area contributed by atoms with E-state index in [0.717, 1.165) is 18.4 Å². The van der Waals surface area contributed by atoms with Gasteiger partial charge in [0.25, 0.3) is 0 Å². The zero-order valence-corrected chi connectivity index (χ0v) is 15.9. The van der Waals surface area contributed by atoms with Gasteiger partial charge in [-0.25, -0.2) is 0 Å². The number of allylic oxidation sites excluding steroid dienone is 1. The highest BCUT2D eigenvalue weighted by Gasteiger charge is 2.41. The van der Waals surface area contributed by atoms with Crippen LogP contribution in [0.25, 0.3) is 0 Å². The summed E-state index contributed by atoms with van der Waals surface area (Å²) in [6, 6.07) is 0. The van der Waals surface area contributed by atoms with Crippen LogP contribution in [0.3, 0.4) is 0 Å². The van der Waals surface area contributed by atoms with Crippen LogP contribution in [0, 0.1) is 11.5 Å². The summed E-state index contributed by atoms with van der Waals surface area (Å²) in [4.78, 5) is 11.1. The molecule has 0 amide bonds. The van der Waals surface area contributed by atoms with Crippen molar-refractivity contribution in [1.29, 1.82) is 0 Å². The number of carbonyl (C=O) groups excluding carboxylic acids is 1. The Bertz CT molecular complexity index is 389. The topological polar surface area (TPSA) is 26.3 Å². The van der Waals surface area contributed by atoms with Crippen LogP contribution < -0.4 is 0 Å². The molecular weight excluding hydrogens is 276 g/mol. The molecular formula is C18H32O2Si. The van der Waals surface area contributed by atoms with E-state index in [4.69, 9.17) is 0 Å². The van der Waals surface area contributed by atoms with Gasteiger partial charge in [0.05, 0.1) is 7.11 Å². The maximum absolute atomic E-state index is 11.1. The van der Waals surface area contributed by atoms with Gasteiger partial charge >= 0.3 is 5.97 Å². The van der Waals surface area contributed by atoms with Crippen LogP contribution in [-0.2, 0) is 9.53 Å². The number of methoxy groups -OCH3 is 1. The van der Waals surface area contributed by atoms with E-state index in [2.05, 4.69) is 64.3 Å². The van der Waals surface area contributed by atoms with Crippen molar-refractivity contribution in [3.63, 3.8) is 0 Å².